The number of rotatable bonds is 8. The van der Waals surface area contributed by atoms with Crippen LogP contribution in [0.15, 0.2) is 48.5 Å². The molecule has 1 saturated heterocycles. The molecule has 9 heteroatoms. The van der Waals surface area contributed by atoms with Crippen LogP contribution in [0.3, 0.4) is 0 Å². The Bertz CT molecular complexity index is 1200. The van der Waals surface area contributed by atoms with Crippen LogP contribution in [0.2, 0.25) is 5.02 Å². The molecular weight excluding hydrogens is 602 g/mol. The van der Waals surface area contributed by atoms with E-state index < -0.39 is 12.1 Å². The van der Waals surface area contributed by atoms with Crippen LogP contribution in [-0.2, 0) is 28.0 Å². The molecule has 45 heavy (non-hydrogen) atoms. The summed E-state index contributed by atoms with van der Waals surface area (Å²) in [5, 5.41) is 7.33. The van der Waals surface area contributed by atoms with E-state index in [1.165, 1.54) is 43.2 Å². The zero-order valence-electron chi connectivity index (χ0n) is 28.0. The van der Waals surface area contributed by atoms with Crippen LogP contribution >= 0.6 is 24.2 Å². The van der Waals surface area contributed by atoms with Crippen LogP contribution in [0.25, 0.3) is 0 Å². The third kappa shape index (κ3) is 9.94. The van der Waals surface area contributed by atoms with E-state index in [1.54, 1.807) is 6.26 Å². The van der Waals surface area contributed by atoms with Gasteiger partial charge in [0.15, 0.2) is 0 Å². The SMILES string of the molecule is CC.CC1(C)NC(C(=O)NC(Cc2ccc(Cl)cc2)C(=O)N2CCN(C(CN)C3CCCCC3)CC2)Cc2ccccc21.CS. The van der Waals surface area contributed by atoms with Gasteiger partial charge in [-0.25, -0.2) is 0 Å². The van der Waals surface area contributed by atoms with Crippen LogP contribution in [0.4, 0.5) is 0 Å². The molecule has 250 valence electrons. The highest BCUT2D eigenvalue weighted by molar-refractivity contribution is 7.79. The number of carbonyl (C=O) groups excluding carboxylic acids is 2. The maximum Gasteiger partial charge on any atom is 0.245 e. The first kappa shape index (κ1) is 37.4. The van der Waals surface area contributed by atoms with Gasteiger partial charge in [-0.15, -0.1) is 0 Å². The van der Waals surface area contributed by atoms with E-state index in [2.05, 4.69) is 54.1 Å². The van der Waals surface area contributed by atoms with Crippen molar-refractivity contribution in [2.45, 2.75) is 96.3 Å². The quantitative estimate of drug-likeness (QED) is 0.284. The Balaban J connectivity index is 0.00000133. The molecule has 1 aliphatic carbocycles. The maximum absolute atomic E-state index is 14.0. The fourth-order valence-electron chi connectivity index (χ4n) is 7.23. The van der Waals surface area contributed by atoms with Crippen LogP contribution in [0.1, 0.15) is 76.5 Å². The van der Waals surface area contributed by atoms with Crippen molar-refractivity contribution in [3.05, 3.63) is 70.2 Å². The van der Waals surface area contributed by atoms with Gasteiger partial charge in [0.25, 0.3) is 0 Å². The molecule has 0 radical (unpaired) electrons. The lowest BCUT2D eigenvalue weighted by molar-refractivity contribution is -0.139. The van der Waals surface area contributed by atoms with Crippen LogP contribution < -0.4 is 16.4 Å². The number of carbonyl (C=O) groups is 2. The van der Waals surface area contributed by atoms with E-state index in [4.69, 9.17) is 17.3 Å². The lowest BCUT2D eigenvalue weighted by Crippen LogP contribution is -2.61. The van der Waals surface area contributed by atoms with Crippen molar-refractivity contribution in [1.82, 2.24) is 20.4 Å². The van der Waals surface area contributed by atoms with E-state index in [1.807, 2.05) is 55.1 Å². The first-order chi connectivity index (χ1) is 21.7. The van der Waals surface area contributed by atoms with Gasteiger partial charge in [0.05, 0.1) is 6.04 Å². The van der Waals surface area contributed by atoms with E-state index in [0.29, 0.717) is 49.5 Å². The Hall–Kier alpha value is -2.10. The number of hydrogen-bond acceptors (Lipinski definition) is 6. The third-order valence-corrected chi connectivity index (χ3v) is 9.72. The second kappa shape index (κ2) is 18.3. The highest BCUT2D eigenvalue weighted by atomic mass is 35.5. The molecule has 2 amide bonds. The number of amides is 2. The molecule has 3 atom stereocenters. The van der Waals surface area contributed by atoms with Gasteiger partial charge in [-0.1, -0.05) is 81.1 Å². The number of fused-ring (bicyclic) bond motifs is 1. The van der Waals surface area contributed by atoms with Crippen molar-refractivity contribution in [2.24, 2.45) is 11.7 Å². The molecular formula is C36H56ClN5O2S. The number of hydrogen-bond donors (Lipinski definition) is 4. The van der Waals surface area contributed by atoms with Gasteiger partial charge in [0, 0.05) is 55.7 Å². The minimum Gasteiger partial charge on any atom is -0.343 e. The predicted octanol–water partition coefficient (Wildman–Crippen LogP) is 5.44. The number of halogens is 1. The maximum atomic E-state index is 14.0. The minimum absolute atomic E-state index is 0.0228. The summed E-state index contributed by atoms with van der Waals surface area (Å²) in [7, 11) is 0. The van der Waals surface area contributed by atoms with Crippen molar-refractivity contribution in [3.63, 3.8) is 0 Å². The van der Waals surface area contributed by atoms with E-state index in [9.17, 15) is 9.59 Å². The molecule has 3 unspecified atom stereocenters. The molecule has 4 N–H and O–H groups in total. The van der Waals surface area contributed by atoms with E-state index in [-0.39, 0.29) is 17.4 Å². The van der Waals surface area contributed by atoms with Crippen molar-refractivity contribution in [1.29, 1.82) is 0 Å². The van der Waals surface area contributed by atoms with Crippen LogP contribution in [0, 0.1) is 5.92 Å². The Morgan fingerprint density at radius 1 is 1.00 bits per heavy atom. The van der Waals surface area contributed by atoms with Gasteiger partial charge in [-0.05, 0) is 74.1 Å². The summed E-state index contributed by atoms with van der Waals surface area (Å²) in [4.78, 5) is 32.1. The zero-order chi connectivity index (χ0) is 33.0. The highest BCUT2D eigenvalue weighted by Crippen LogP contribution is 2.31. The topological polar surface area (TPSA) is 90.7 Å². The van der Waals surface area contributed by atoms with Gasteiger partial charge in [-0.3, -0.25) is 19.8 Å². The van der Waals surface area contributed by atoms with E-state index >= 15 is 0 Å². The van der Waals surface area contributed by atoms with Crippen molar-refractivity contribution in [3.8, 4) is 0 Å². The van der Waals surface area contributed by atoms with Crippen molar-refractivity contribution < 1.29 is 9.59 Å². The fraction of sp³-hybridized carbons (Fsp3) is 0.611. The largest absolute Gasteiger partial charge is 0.343 e. The monoisotopic (exact) mass is 657 g/mol. The predicted molar refractivity (Wildman–Crippen MR) is 191 cm³/mol. The summed E-state index contributed by atoms with van der Waals surface area (Å²) >= 11 is 9.65. The number of nitrogens with zero attached hydrogens (tertiary/aromatic N) is 2. The molecule has 2 fully saturated rings. The Morgan fingerprint density at radius 3 is 2.24 bits per heavy atom. The molecule has 2 aliphatic heterocycles. The van der Waals surface area contributed by atoms with Crippen molar-refractivity contribution >= 4 is 36.0 Å². The Labute approximate surface area is 282 Å². The average Bonchev–Trinajstić information content (AvgIpc) is 3.08. The lowest BCUT2D eigenvalue weighted by Gasteiger charge is -2.43. The van der Waals surface area contributed by atoms with Gasteiger partial charge in [0.1, 0.15) is 6.04 Å². The molecule has 3 aliphatic rings. The van der Waals surface area contributed by atoms with Gasteiger partial charge >= 0.3 is 0 Å². The first-order valence-corrected chi connectivity index (χ1v) is 18.1. The molecule has 2 heterocycles. The second-order valence-corrected chi connectivity index (χ2v) is 13.1. The summed E-state index contributed by atoms with van der Waals surface area (Å²) < 4.78 is 0. The molecule has 0 bridgehead atoms. The number of nitrogens with two attached hydrogens (primary N) is 1. The minimum atomic E-state index is -0.652. The summed E-state index contributed by atoms with van der Waals surface area (Å²) in [6.07, 6.45) is 9.14. The Morgan fingerprint density at radius 2 is 1.62 bits per heavy atom. The summed E-state index contributed by atoms with van der Waals surface area (Å²) in [5.74, 6) is 0.495. The number of thiol groups is 1. The summed E-state index contributed by atoms with van der Waals surface area (Å²) in [5.41, 5.74) is 9.26. The van der Waals surface area contributed by atoms with Crippen LogP contribution in [0.5, 0.6) is 0 Å². The molecule has 1 saturated carbocycles. The smallest absolute Gasteiger partial charge is 0.245 e. The zero-order valence-corrected chi connectivity index (χ0v) is 29.7. The molecule has 5 rings (SSSR count). The number of benzene rings is 2. The van der Waals surface area contributed by atoms with Gasteiger partial charge in [0.2, 0.25) is 11.8 Å². The fourth-order valence-corrected chi connectivity index (χ4v) is 7.36. The molecule has 7 nitrogen and oxygen atoms in total. The molecule has 2 aromatic carbocycles. The molecule has 0 spiro atoms. The number of nitrogens with one attached hydrogen (secondary N) is 2. The second-order valence-electron chi connectivity index (χ2n) is 12.6. The van der Waals surface area contributed by atoms with Gasteiger partial charge < -0.3 is 16.0 Å². The lowest BCUT2D eigenvalue weighted by atomic mass is 9.82. The first-order valence-electron chi connectivity index (χ1n) is 16.8. The standard InChI is InChI=1S/C33H46ClN5O2.C2H6.CH4S/c1-33(2)27-11-7-6-10-25(27)21-28(37-33)31(40)36-29(20-23-12-14-26(34)15-13-23)32(41)39-18-16-38(17-19-39)30(22-35)24-8-4-3-5-9-24;2*1-2/h6-7,10-15,24,28-30,37H,3-5,8-9,16-22,35H2,1-2H3,(H,36,40);1-2H3;2H,1H3. The highest BCUT2D eigenvalue weighted by Gasteiger charge is 2.38. The third-order valence-electron chi connectivity index (χ3n) is 9.46. The van der Waals surface area contributed by atoms with E-state index in [0.717, 1.165) is 18.7 Å². The summed E-state index contributed by atoms with van der Waals surface area (Å²) in [6.45, 7) is 11.8. The summed E-state index contributed by atoms with van der Waals surface area (Å²) in [6, 6.07) is 15.1. The molecule has 2 aromatic rings. The van der Waals surface area contributed by atoms with Gasteiger partial charge in [-0.2, -0.15) is 12.6 Å². The molecule has 0 aromatic heterocycles. The van der Waals surface area contributed by atoms with Crippen molar-refractivity contribution in [2.75, 3.05) is 39.0 Å². The van der Waals surface area contributed by atoms with Crippen LogP contribution in [-0.4, -0.2) is 78.7 Å². The number of piperazine rings is 1. The normalized spacial score (nSPS) is 21.2. The Kier molecular flexibility index (Phi) is 15.2. The average molecular weight is 658 g/mol.